The third-order valence-corrected chi connectivity index (χ3v) is 4.68. The van der Waals surface area contributed by atoms with Crippen LogP contribution in [0.3, 0.4) is 0 Å². The Bertz CT molecular complexity index is 948. The largest absolute Gasteiger partial charge is 0.336 e. The topological polar surface area (TPSA) is 58.1 Å². The van der Waals surface area contributed by atoms with Crippen LogP contribution in [0.1, 0.15) is 21.6 Å². The molecule has 132 valence electrons. The summed E-state index contributed by atoms with van der Waals surface area (Å²) in [5, 5.41) is 13.5. The van der Waals surface area contributed by atoms with Crippen LogP contribution in [0.25, 0.3) is 10.8 Å². The summed E-state index contributed by atoms with van der Waals surface area (Å²) in [6, 6.07) is 12.6. The summed E-state index contributed by atoms with van der Waals surface area (Å²) < 4.78 is 14.3. The molecule has 0 spiro atoms. The predicted octanol–water partition coefficient (Wildman–Crippen LogP) is 2.41. The summed E-state index contributed by atoms with van der Waals surface area (Å²) in [5.74, 6) is -0.740. The Morgan fingerprint density at radius 3 is 2.81 bits per heavy atom. The molecule has 1 aliphatic rings. The van der Waals surface area contributed by atoms with E-state index in [9.17, 15) is 9.18 Å². The van der Waals surface area contributed by atoms with E-state index in [0.717, 1.165) is 35.1 Å². The lowest BCUT2D eigenvalue weighted by molar-refractivity contribution is 0.0731. The molecule has 0 unspecified atom stereocenters. The van der Waals surface area contributed by atoms with E-state index in [1.807, 2.05) is 24.3 Å². The van der Waals surface area contributed by atoms with E-state index in [0.29, 0.717) is 19.5 Å². The molecule has 0 radical (unpaired) electrons. The van der Waals surface area contributed by atoms with Crippen molar-refractivity contribution < 1.29 is 9.18 Å². The molecule has 4 rings (SSSR count). The molecule has 0 atom stereocenters. The number of aromatic nitrogens is 2. The highest BCUT2D eigenvalue weighted by Gasteiger charge is 2.21. The van der Waals surface area contributed by atoms with Crippen LogP contribution in [0.4, 0.5) is 4.39 Å². The van der Waals surface area contributed by atoms with Gasteiger partial charge >= 0.3 is 0 Å². The van der Waals surface area contributed by atoms with Crippen LogP contribution in [0, 0.1) is 5.82 Å². The summed E-state index contributed by atoms with van der Waals surface area (Å²) in [4.78, 5) is 14.4. The minimum absolute atomic E-state index is 0.123. The highest BCUT2D eigenvalue weighted by atomic mass is 19.1. The molecule has 2 heterocycles. The molecule has 5 nitrogen and oxygen atoms in total. The molecule has 0 bridgehead atoms. The molecule has 1 aliphatic heterocycles. The van der Waals surface area contributed by atoms with E-state index in [1.54, 1.807) is 23.2 Å². The van der Waals surface area contributed by atoms with Crippen molar-refractivity contribution in [2.24, 2.45) is 0 Å². The van der Waals surface area contributed by atoms with Gasteiger partial charge in [0, 0.05) is 43.4 Å². The van der Waals surface area contributed by atoms with E-state index >= 15 is 0 Å². The number of nitrogens with one attached hydrogen (secondary N) is 1. The molecular weight excluding hydrogens is 331 g/mol. The number of carbonyl (C=O) groups is 1. The number of hydrogen-bond acceptors (Lipinski definition) is 4. The van der Waals surface area contributed by atoms with Gasteiger partial charge in [0.1, 0.15) is 5.82 Å². The molecule has 3 aromatic rings. The minimum atomic E-state index is -0.485. The third-order valence-electron chi connectivity index (χ3n) is 4.68. The van der Waals surface area contributed by atoms with Crippen LogP contribution in [-0.4, -0.2) is 47.2 Å². The Kier molecular flexibility index (Phi) is 4.58. The number of nitrogens with zero attached hydrogens (tertiary/aromatic N) is 3. The lowest BCUT2D eigenvalue weighted by atomic mass is 10.0. The zero-order valence-electron chi connectivity index (χ0n) is 14.3. The van der Waals surface area contributed by atoms with E-state index in [1.165, 1.54) is 6.07 Å². The number of rotatable bonds is 3. The molecule has 1 saturated heterocycles. The number of fused-ring (bicyclic) bond motifs is 1. The average molecular weight is 350 g/mol. The monoisotopic (exact) mass is 350 g/mol. The lowest BCUT2D eigenvalue weighted by Crippen LogP contribution is -2.46. The highest BCUT2D eigenvalue weighted by molar-refractivity contribution is 5.95. The molecule has 6 heteroatoms. The number of piperazine rings is 1. The van der Waals surface area contributed by atoms with Crippen LogP contribution in [0.15, 0.2) is 48.7 Å². The quantitative estimate of drug-likeness (QED) is 0.788. The van der Waals surface area contributed by atoms with Crippen molar-refractivity contribution in [2.45, 2.75) is 6.42 Å². The first-order valence-corrected chi connectivity index (χ1v) is 8.70. The first kappa shape index (κ1) is 16.6. The van der Waals surface area contributed by atoms with E-state index in [4.69, 9.17) is 0 Å². The fourth-order valence-electron chi connectivity index (χ4n) is 3.30. The van der Waals surface area contributed by atoms with Gasteiger partial charge in [-0.3, -0.25) is 4.79 Å². The van der Waals surface area contributed by atoms with Gasteiger partial charge in [0.15, 0.2) is 0 Å². The molecule has 0 aliphatic carbocycles. The summed E-state index contributed by atoms with van der Waals surface area (Å²) in [7, 11) is 0. The van der Waals surface area contributed by atoms with Crippen LogP contribution in [0.5, 0.6) is 0 Å². The highest BCUT2D eigenvalue weighted by Crippen LogP contribution is 2.20. The smallest absolute Gasteiger partial charge is 0.256 e. The molecular formula is C20H19FN4O. The van der Waals surface area contributed by atoms with Gasteiger partial charge in [-0.1, -0.05) is 30.3 Å². The molecule has 1 amide bonds. The van der Waals surface area contributed by atoms with Gasteiger partial charge in [-0.15, -0.1) is 0 Å². The molecule has 1 N–H and O–H groups in total. The van der Waals surface area contributed by atoms with Gasteiger partial charge < -0.3 is 10.2 Å². The van der Waals surface area contributed by atoms with Crippen molar-refractivity contribution in [3.63, 3.8) is 0 Å². The van der Waals surface area contributed by atoms with Crippen LogP contribution in [0.2, 0.25) is 0 Å². The van der Waals surface area contributed by atoms with Gasteiger partial charge in [0.25, 0.3) is 5.91 Å². The number of benzene rings is 2. The Morgan fingerprint density at radius 1 is 1.15 bits per heavy atom. The molecule has 1 fully saturated rings. The predicted molar refractivity (Wildman–Crippen MR) is 97.5 cm³/mol. The average Bonchev–Trinajstić information content (AvgIpc) is 2.70. The van der Waals surface area contributed by atoms with Crippen molar-refractivity contribution in [1.82, 2.24) is 20.4 Å². The Morgan fingerprint density at radius 2 is 1.96 bits per heavy atom. The maximum atomic E-state index is 14.3. The summed E-state index contributed by atoms with van der Waals surface area (Å²) in [6.07, 6.45) is 2.22. The lowest BCUT2D eigenvalue weighted by Gasteiger charge is -2.27. The van der Waals surface area contributed by atoms with Gasteiger partial charge in [-0.25, -0.2) is 4.39 Å². The maximum Gasteiger partial charge on any atom is 0.256 e. The van der Waals surface area contributed by atoms with Gasteiger partial charge in [0.05, 0.1) is 17.5 Å². The Labute approximate surface area is 150 Å². The molecule has 0 saturated carbocycles. The van der Waals surface area contributed by atoms with Gasteiger partial charge in [0.2, 0.25) is 0 Å². The zero-order valence-corrected chi connectivity index (χ0v) is 14.3. The molecule has 2 aromatic carbocycles. The number of halogens is 1. The summed E-state index contributed by atoms with van der Waals surface area (Å²) >= 11 is 0. The second kappa shape index (κ2) is 7.17. The normalized spacial score (nSPS) is 14.6. The van der Waals surface area contributed by atoms with Crippen LogP contribution >= 0.6 is 0 Å². The van der Waals surface area contributed by atoms with Crippen molar-refractivity contribution in [3.8, 4) is 0 Å². The summed E-state index contributed by atoms with van der Waals surface area (Å²) in [6.45, 7) is 2.66. The van der Waals surface area contributed by atoms with Crippen molar-refractivity contribution >= 4 is 16.7 Å². The second-order valence-corrected chi connectivity index (χ2v) is 6.41. The fourth-order valence-corrected chi connectivity index (χ4v) is 3.30. The van der Waals surface area contributed by atoms with Crippen molar-refractivity contribution in [1.29, 1.82) is 0 Å². The number of amides is 1. The first-order chi connectivity index (χ1) is 12.7. The fraction of sp³-hybridized carbons (Fsp3) is 0.250. The zero-order chi connectivity index (χ0) is 17.9. The minimum Gasteiger partial charge on any atom is -0.336 e. The number of hydrogen-bond donors (Lipinski definition) is 1. The van der Waals surface area contributed by atoms with Gasteiger partial charge in [-0.05, 0) is 17.7 Å². The number of carbonyl (C=O) groups excluding carboxylic acids is 1. The van der Waals surface area contributed by atoms with Crippen molar-refractivity contribution in [3.05, 3.63) is 71.3 Å². The Hall–Kier alpha value is -2.86. The van der Waals surface area contributed by atoms with Crippen LogP contribution < -0.4 is 5.32 Å². The van der Waals surface area contributed by atoms with Crippen molar-refractivity contribution in [2.75, 3.05) is 26.2 Å². The molecule has 26 heavy (non-hydrogen) atoms. The molecule has 1 aromatic heterocycles. The van der Waals surface area contributed by atoms with E-state index < -0.39 is 5.82 Å². The maximum absolute atomic E-state index is 14.3. The second-order valence-electron chi connectivity index (χ2n) is 6.41. The van der Waals surface area contributed by atoms with Crippen LogP contribution in [-0.2, 0) is 6.42 Å². The summed E-state index contributed by atoms with van der Waals surface area (Å²) in [5.41, 5.74) is 1.78. The van der Waals surface area contributed by atoms with Gasteiger partial charge in [-0.2, -0.15) is 10.2 Å². The third kappa shape index (κ3) is 3.28. The van der Waals surface area contributed by atoms with E-state index in [-0.39, 0.29) is 11.5 Å². The van der Waals surface area contributed by atoms with E-state index in [2.05, 4.69) is 15.5 Å². The Balaban J connectivity index is 1.64. The standard InChI is InChI=1S/C20H19FN4O/c21-18-6-5-14(11-17(18)20(26)25-9-7-22-8-10-25)12-19-16-4-2-1-3-15(16)13-23-24-19/h1-6,11,13,22H,7-10,12H2. The first-order valence-electron chi connectivity index (χ1n) is 8.70. The SMILES string of the molecule is O=C(c1cc(Cc2nncc3ccccc23)ccc1F)N1CCNCC1.